The summed E-state index contributed by atoms with van der Waals surface area (Å²) in [6, 6.07) is 0. The number of hydrogen-bond acceptors (Lipinski definition) is 2. The van der Waals surface area contributed by atoms with Crippen molar-refractivity contribution in [3.63, 3.8) is 0 Å². The van der Waals surface area contributed by atoms with E-state index in [9.17, 15) is 0 Å². The van der Waals surface area contributed by atoms with E-state index in [1.807, 2.05) is 0 Å². The lowest BCUT2D eigenvalue weighted by Gasteiger charge is -2.24. The highest BCUT2D eigenvalue weighted by Crippen LogP contribution is 2.42. The second-order valence-electron chi connectivity index (χ2n) is 3.41. The van der Waals surface area contributed by atoms with Gasteiger partial charge in [0.2, 0.25) is 0 Å². The van der Waals surface area contributed by atoms with Crippen LogP contribution in [0.25, 0.3) is 0 Å². The van der Waals surface area contributed by atoms with Crippen molar-refractivity contribution in [2.45, 2.75) is 37.4 Å². The molecule has 2 nitrogen and oxygen atoms in total. The van der Waals surface area contributed by atoms with Crippen molar-refractivity contribution in [3.8, 4) is 0 Å². The Hall–Kier alpha value is -0.0800. The standard InChI is InChI=1S/C8H14O2/c1-9-7-2-4-8(5-3-7)6-10-8/h7H,2-6H2,1H3/t7-,8-. The Morgan fingerprint density at radius 2 is 2.00 bits per heavy atom. The van der Waals surface area contributed by atoms with Gasteiger partial charge in [-0.2, -0.15) is 0 Å². The normalized spacial score (nSPS) is 45.9. The molecule has 0 aromatic heterocycles. The molecule has 2 heteroatoms. The van der Waals surface area contributed by atoms with Crippen LogP contribution in [0.4, 0.5) is 0 Å². The number of ether oxygens (including phenoxy) is 2. The van der Waals surface area contributed by atoms with Crippen LogP contribution in [-0.4, -0.2) is 25.4 Å². The molecule has 1 heterocycles. The molecule has 1 spiro atoms. The van der Waals surface area contributed by atoms with Crippen molar-refractivity contribution in [1.29, 1.82) is 0 Å². The molecular weight excluding hydrogens is 128 g/mol. The van der Waals surface area contributed by atoms with Gasteiger partial charge < -0.3 is 9.47 Å². The van der Waals surface area contributed by atoms with Crippen LogP contribution in [0.3, 0.4) is 0 Å². The molecular formula is C8H14O2. The van der Waals surface area contributed by atoms with E-state index in [-0.39, 0.29) is 0 Å². The van der Waals surface area contributed by atoms with Crippen molar-refractivity contribution in [1.82, 2.24) is 0 Å². The summed E-state index contributed by atoms with van der Waals surface area (Å²) in [6.07, 6.45) is 5.32. The van der Waals surface area contributed by atoms with Crippen LogP contribution in [-0.2, 0) is 9.47 Å². The summed E-state index contributed by atoms with van der Waals surface area (Å²) in [5, 5.41) is 0. The summed E-state index contributed by atoms with van der Waals surface area (Å²) in [5.41, 5.74) is 0.328. The zero-order valence-corrected chi connectivity index (χ0v) is 6.43. The molecule has 1 aliphatic heterocycles. The fourth-order valence-corrected chi connectivity index (χ4v) is 1.74. The zero-order chi connectivity index (χ0) is 7.03. The third-order valence-corrected chi connectivity index (χ3v) is 2.73. The van der Waals surface area contributed by atoms with Gasteiger partial charge in [0.05, 0.1) is 18.3 Å². The summed E-state index contributed by atoms with van der Waals surface area (Å²) in [7, 11) is 1.80. The second kappa shape index (κ2) is 2.21. The van der Waals surface area contributed by atoms with Gasteiger partial charge in [-0.1, -0.05) is 0 Å². The number of hydrogen-bond donors (Lipinski definition) is 0. The van der Waals surface area contributed by atoms with E-state index in [1.165, 1.54) is 25.7 Å². The summed E-state index contributed by atoms with van der Waals surface area (Å²) in [5.74, 6) is 0. The highest BCUT2D eigenvalue weighted by Gasteiger charge is 2.46. The van der Waals surface area contributed by atoms with E-state index in [4.69, 9.17) is 9.47 Å². The zero-order valence-electron chi connectivity index (χ0n) is 6.43. The summed E-state index contributed by atoms with van der Waals surface area (Å²) < 4.78 is 10.6. The van der Waals surface area contributed by atoms with Gasteiger partial charge in [-0.15, -0.1) is 0 Å². The fraction of sp³-hybridized carbons (Fsp3) is 1.00. The maximum Gasteiger partial charge on any atom is 0.0918 e. The lowest BCUT2D eigenvalue weighted by atomic mass is 9.88. The van der Waals surface area contributed by atoms with Crippen LogP contribution in [0.1, 0.15) is 25.7 Å². The maximum absolute atomic E-state index is 5.37. The summed E-state index contributed by atoms with van der Waals surface area (Å²) >= 11 is 0. The quantitative estimate of drug-likeness (QED) is 0.515. The van der Waals surface area contributed by atoms with Gasteiger partial charge in [0, 0.05) is 7.11 Å². The molecule has 0 atom stereocenters. The molecule has 1 saturated carbocycles. The van der Waals surface area contributed by atoms with Crippen molar-refractivity contribution in [2.75, 3.05) is 13.7 Å². The topological polar surface area (TPSA) is 21.8 Å². The van der Waals surface area contributed by atoms with Gasteiger partial charge in [0.1, 0.15) is 0 Å². The Labute approximate surface area is 61.5 Å². The minimum atomic E-state index is 0.328. The Balaban J connectivity index is 1.84. The molecule has 1 saturated heterocycles. The van der Waals surface area contributed by atoms with E-state index in [2.05, 4.69) is 0 Å². The smallest absolute Gasteiger partial charge is 0.0918 e. The first-order valence-corrected chi connectivity index (χ1v) is 4.01. The Morgan fingerprint density at radius 1 is 1.40 bits per heavy atom. The SMILES string of the molecule is CO[C@H]1CC[C@]2(CC1)CO2. The molecule has 0 aromatic rings. The minimum Gasteiger partial charge on any atom is -0.381 e. The Kier molecular flexibility index (Phi) is 1.46. The molecule has 0 radical (unpaired) electrons. The molecule has 0 N–H and O–H groups in total. The predicted molar refractivity (Wildman–Crippen MR) is 37.9 cm³/mol. The Morgan fingerprint density at radius 3 is 2.40 bits per heavy atom. The summed E-state index contributed by atoms with van der Waals surface area (Å²) in [4.78, 5) is 0. The fourth-order valence-electron chi connectivity index (χ4n) is 1.74. The lowest BCUT2D eigenvalue weighted by molar-refractivity contribution is 0.0477. The number of methoxy groups -OCH3 is 1. The molecule has 10 heavy (non-hydrogen) atoms. The molecule has 0 bridgehead atoms. The molecule has 0 unspecified atom stereocenters. The van der Waals surface area contributed by atoms with E-state index >= 15 is 0 Å². The lowest BCUT2D eigenvalue weighted by Crippen LogP contribution is -2.25. The van der Waals surface area contributed by atoms with Crippen LogP contribution in [0.5, 0.6) is 0 Å². The van der Waals surface area contributed by atoms with Crippen molar-refractivity contribution >= 4 is 0 Å². The van der Waals surface area contributed by atoms with E-state index in [0.717, 1.165) is 6.61 Å². The molecule has 2 rings (SSSR count). The van der Waals surface area contributed by atoms with Gasteiger partial charge in [0.15, 0.2) is 0 Å². The van der Waals surface area contributed by atoms with E-state index in [1.54, 1.807) is 7.11 Å². The number of rotatable bonds is 1. The first kappa shape index (κ1) is 6.62. The first-order valence-electron chi connectivity index (χ1n) is 4.01. The number of epoxide rings is 1. The second-order valence-corrected chi connectivity index (χ2v) is 3.41. The molecule has 2 aliphatic rings. The van der Waals surface area contributed by atoms with Gasteiger partial charge in [-0.25, -0.2) is 0 Å². The predicted octanol–water partition coefficient (Wildman–Crippen LogP) is 1.34. The van der Waals surface area contributed by atoms with E-state index in [0.29, 0.717) is 11.7 Å². The molecule has 2 fully saturated rings. The van der Waals surface area contributed by atoms with Gasteiger partial charge in [-0.05, 0) is 25.7 Å². The van der Waals surface area contributed by atoms with E-state index < -0.39 is 0 Å². The van der Waals surface area contributed by atoms with Gasteiger partial charge >= 0.3 is 0 Å². The Bertz CT molecular complexity index is 119. The monoisotopic (exact) mass is 142 g/mol. The molecule has 1 aliphatic carbocycles. The van der Waals surface area contributed by atoms with Crippen LogP contribution in [0, 0.1) is 0 Å². The molecule has 0 aromatic carbocycles. The molecule has 58 valence electrons. The third-order valence-electron chi connectivity index (χ3n) is 2.73. The maximum atomic E-state index is 5.37. The van der Waals surface area contributed by atoms with Crippen LogP contribution in [0.2, 0.25) is 0 Å². The minimum absolute atomic E-state index is 0.328. The first-order chi connectivity index (χ1) is 4.85. The van der Waals surface area contributed by atoms with Crippen molar-refractivity contribution < 1.29 is 9.47 Å². The average Bonchev–Trinajstić information content (AvgIpc) is 2.72. The van der Waals surface area contributed by atoms with Crippen molar-refractivity contribution in [3.05, 3.63) is 0 Å². The largest absolute Gasteiger partial charge is 0.381 e. The highest BCUT2D eigenvalue weighted by molar-refractivity contribution is 4.96. The molecule has 0 amide bonds. The van der Waals surface area contributed by atoms with Crippen LogP contribution in [0.15, 0.2) is 0 Å². The highest BCUT2D eigenvalue weighted by atomic mass is 16.6. The van der Waals surface area contributed by atoms with Crippen molar-refractivity contribution in [2.24, 2.45) is 0 Å². The van der Waals surface area contributed by atoms with Crippen LogP contribution < -0.4 is 0 Å². The summed E-state index contributed by atoms with van der Waals surface area (Å²) in [6.45, 7) is 1.00. The third kappa shape index (κ3) is 1.06. The van der Waals surface area contributed by atoms with Gasteiger partial charge in [0.25, 0.3) is 0 Å². The van der Waals surface area contributed by atoms with Gasteiger partial charge in [-0.3, -0.25) is 0 Å². The average molecular weight is 142 g/mol. The van der Waals surface area contributed by atoms with Crippen LogP contribution >= 0.6 is 0 Å².